The number of aryl methyl sites for hydroxylation is 3. The molecule has 10 heteroatoms. The number of carbonyl (C=O) groups excluding carboxylic acids is 1. The molecule has 0 saturated carbocycles. The first kappa shape index (κ1) is 21.7. The molecule has 1 fully saturated rings. The lowest BCUT2D eigenvalue weighted by Gasteiger charge is -2.26. The summed E-state index contributed by atoms with van der Waals surface area (Å²) in [4.78, 5) is 21.1. The van der Waals surface area contributed by atoms with Crippen LogP contribution in [-0.2, 0) is 19.6 Å². The molecule has 1 aromatic carbocycles. The zero-order chi connectivity index (χ0) is 21.0. The summed E-state index contributed by atoms with van der Waals surface area (Å²) in [5.74, 6) is -0.126. The number of rotatable bonds is 6. The Balaban J connectivity index is 1.69. The molecule has 2 aromatic rings. The van der Waals surface area contributed by atoms with E-state index < -0.39 is 10.0 Å². The highest BCUT2D eigenvalue weighted by Crippen LogP contribution is 2.25. The van der Waals surface area contributed by atoms with Gasteiger partial charge in [0.05, 0.1) is 23.9 Å². The van der Waals surface area contributed by atoms with Crippen LogP contribution < -0.4 is 5.32 Å². The van der Waals surface area contributed by atoms with E-state index in [1.807, 2.05) is 19.9 Å². The van der Waals surface area contributed by atoms with Crippen molar-refractivity contribution in [1.82, 2.24) is 14.3 Å². The fourth-order valence-corrected chi connectivity index (χ4v) is 5.38. The molecule has 0 atom stereocenters. The van der Waals surface area contributed by atoms with Crippen molar-refractivity contribution in [3.63, 3.8) is 0 Å². The van der Waals surface area contributed by atoms with Crippen molar-refractivity contribution in [2.45, 2.75) is 30.8 Å². The standard InChI is InChI=1S/C19H24N4O4S2/c1-13-4-5-16(11-17(13)29(25,26)23-6-8-27-9-7-23)22-18(24)12-28-19-20-14(2)10-15(3)21-19/h4-5,10-11H,6-9,12H2,1-3H3,(H,22,24). The Hall–Kier alpha value is -2.01. The third-order valence-electron chi connectivity index (χ3n) is 4.35. The van der Waals surface area contributed by atoms with Gasteiger partial charge in [0.2, 0.25) is 15.9 Å². The molecule has 1 saturated heterocycles. The van der Waals surface area contributed by atoms with Crippen LogP contribution in [0.2, 0.25) is 0 Å². The molecule has 2 heterocycles. The molecule has 0 radical (unpaired) electrons. The molecule has 156 valence electrons. The summed E-state index contributed by atoms with van der Waals surface area (Å²) in [5.41, 5.74) is 2.76. The van der Waals surface area contributed by atoms with Gasteiger partial charge in [-0.1, -0.05) is 17.8 Å². The Labute approximate surface area is 175 Å². The Morgan fingerprint density at radius 1 is 1.14 bits per heavy atom. The van der Waals surface area contributed by atoms with E-state index >= 15 is 0 Å². The molecular weight excluding hydrogens is 412 g/mol. The number of thioether (sulfide) groups is 1. The van der Waals surface area contributed by atoms with Crippen LogP contribution in [0, 0.1) is 20.8 Å². The number of hydrogen-bond donors (Lipinski definition) is 1. The van der Waals surface area contributed by atoms with Gasteiger partial charge in [-0.2, -0.15) is 4.31 Å². The van der Waals surface area contributed by atoms with Gasteiger partial charge in [0.25, 0.3) is 0 Å². The van der Waals surface area contributed by atoms with Crippen LogP contribution in [0.25, 0.3) is 0 Å². The van der Waals surface area contributed by atoms with Gasteiger partial charge in [-0.3, -0.25) is 4.79 Å². The Morgan fingerprint density at radius 2 is 1.79 bits per heavy atom. The minimum Gasteiger partial charge on any atom is -0.379 e. The van der Waals surface area contributed by atoms with E-state index in [4.69, 9.17) is 4.74 Å². The number of carbonyl (C=O) groups is 1. The zero-order valence-corrected chi connectivity index (χ0v) is 18.3. The van der Waals surface area contributed by atoms with Gasteiger partial charge < -0.3 is 10.1 Å². The molecule has 0 aliphatic carbocycles. The van der Waals surface area contributed by atoms with Crippen molar-refractivity contribution in [3.8, 4) is 0 Å². The summed E-state index contributed by atoms with van der Waals surface area (Å²) >= 11 is 1.24. The molecule has 0 bridgehead atoms. The van der Waals surface area contributed by atoms with Crippen molar-refractivity contribution in [3.05, 3.63) is 41.2 Å². The van der Waals surface area contributed by atoms with Crippen LogP contribution in [-0.4, -0.2) is 60.7 Å². The third kappa shape index (κ3) is 5.53. The minimum absolute atomic E-state index is 0.127. The number of morpholine rings is 1. The maximum atomic E-state index is 13.0. The highest BCUT2D eigenvalue weighted by atomic mass is 32.2. The predicted molar refractivity (Wildman–Crippen MR) is 112 cm³/mol. The van der Waals surface area contributed by atoms with Gasteiger partial charge in [-0.25, -0.2) is 18.4 Å². The number of aromatic nitrogens is 2. The van der Waals surface area contributed by atoms with Crippen LogP contribution in [0.15, 0.2) is 34.3 Å². The number of ether oxygens (including phenoxy) is 1. The summed E-state index contributed by atoms with van der Waals surface area (Å²) in [5, 5.41) is 3.30. The molecule has 1 aliphatic heterocycles. The average molecular weight is 437 g/mol. The van der Waals surface area contributed by atoms with E-state index in [0.717, 1.165) is 11.4 Å². The van der Waals surface area contributed by atoms with E-state index in [-0.39, 0.29) is 16.6 Å². The monoisotopic (exact) mass is 436 g/mol. The number of nitrogens with one attached hydrogen (secondary N) is 1. The van der Waals surface area contributed by atoms with Crippen molar-refractivity contribution < 1.29 is 17.9 Å². The summed E-state index contributed by atoms with van der Waals surface area (Å²) in [6.07, 6.45) is 0. The van der Waals surface area contributed by atoms with Crippen molar-refractivity contribution in [2.24, 2.45) is 0 Å². The van der Waals surface area contributed by atoms with Crippen molar-refractivity contribution >= 4 is 33.4 Å². The lowest BCUT2D eigenvalue weighted by Crippen LogP contribution is -2.40. The maximum Gasteiger partial charge on any atom is 0.243 e. The average Bonchev–Trinajstić information content (AvgIpc) is 2.68. The van der Waals surface area contributed by atoms with Gasteiger partial charge >= 0.3 is 0 Å². The normalized spacial score (nSPS) is 15.3. The molecule has 0 spiro atoms. The Kier molecular flexibility index (Phi) is 6.89. The smallest absolute Gasteiger partial charge is 0.243 e. The number of benzene rings is 1. The van der Waals surface area contributed by atoms with Crippen LogP contribution in [0.5, 0.6) is 0 Å². The van der Waals surface area contributed by atoms with Crippen LogP contribution in [0.4, 0.5) is 5.69 Å². The zero-order valence-electron chi connectivity index (χ0n) is 16.6. The highest BCUT2D eigenvalue weighted by Gasteiger charge is 2.28. The third-order valence-corrected chi connectivity index (χ3v) is 7.24. The van der Waals surface area contributed by atoms with Gasteiger partial charge in [0.1, 0.15) is 0 Å². The second kappa shape index (κ2) is 9.21. The fraction of sp³-hybridized carbons (Fsp3) is 0.421. The van der Waals surface area contributed by atoms with Gasteiger partial charge in [-0.05, 0) is 44.5 Å². The maximum absolute atomic E-state index is 13.0. The first-order valence-corrected chi connectivity index (χ1v) is 11.6. The molecule has 1 aromatic heterocycles. The minimum atomic E-state index is -3.64. The molecule has 1 N–H and O–H groups in total. The van der Waals surface area contributed by atoms with E-state index in [0.29, 0.717) is 42.7 Å². The number of sulfonamides is 1. The Bertz CT molecular complexity index is 985. The number of hydrogen-bond acceptors (Lipinski definition) is 7. The SMILES string of the molecule is Cc1cc(C)nc(SCC(=O)Nc2ccc(C)c(S(=O)(=O)N3CCOCC3)c2)n1. The molecule has 1 amide bonds. The fourth-order valence-electron chi connectivity index (χ4n) is 2.97. The van der Waals surface area contributed by atoms with Crippen LogP contribution in [0.3, 0.4) is 0 Å². The van der Waals surface area contributed by atoms with E-state index in [1.54, 1.807) is 19.1 Å². The second-order valence-corrected chi connectivity index (χ2v) is 9.62. The Morgan fingerprint density at radius 3 is 2.45 bits per heavy atom. The summed E-state index contributed by atoms with van der Waals surface area (Å²) in [6, 6.07) is 6.77. The van der Waals surface area contributed by atoms with Gasteiger partial charge in [-0.15, -0.1) is 0 Å². The van der Waals surface area contributed by atoms with E-state index in [9.17, 15) is 13.2 Å². The largest absolute Gasteiger partial charge is 0.379 e. The quantitative estimate of drug-likeness (QED) is 0.547. The number of amides is 1. The topological polar surface area (TPSA) is 101 Å². The summed E-state index contributed by atoms with van der Waals surface area (Å²) < 4.78 is 32.6. The summed E-state index contributed by atoms with van der Waals surface area (Å²) in [7, 11) is -3.64. The molecule has 3 rings (SSSR count). The first-order valence-electron chi connectivity index (χ1n) is 9.19. The first-order chi connectivity index (χ1) is 13.8. The number of anilines is 1. The van der Waals surface area contributed by atoms with Crippen LogP contribution in [0.1, 0.15) is 17.0 Å². The van der Waals surface area contributed by atoms with Crippen LogP contribution >= 0.6 is 11.8 Å². The van der Waals surface area contributed by atoms with E-state index in [2.05, 4.69) is 15.3 Å². The van der Waals surface area contributed by atoms with Crippen molar-refractivity contribution in [2.75, 3.05) is 37.4 Å². The number of nitrogens with zero attached hydrogens (tertiary/aromatic N) is 3. The second-order valence-electron chi connectivity index (χ2n) is 6.77. The lowest BCUT2D eigenvalue weighted by atomic mass is 10.2. The van der Waals surface area contributed by atoms with E-state index in [1.165, 1.54) is 22.1 Å². The molecule has 29 heavy (non-hydrogen) atoms. The summed E-state index contributed by atoms with van der Waals surface area (Å²) in [6.45, 7) is 6.91. The van der Waals surface area contributed by atoms with Crippen molar-refractivity contribution in [1.29, 1.82) is 0 Å². The lowest BCUT2D eigenvalue weighted by molar-refractivity contribution is -0.113. The van der Waals surface area contributed by atoms with Gasteiger partial charge in [0, 0.05) is 30.2 Å². The molecular formula is C19H24N4O4S2. The predicted octanol–water partition coefficient (Wildman–Crippen LogP) is 2.15. The molecule has 8 nitrogen and oxygen atoms in total. The molecule has 0 unspecified atom stereocenters. The molecule has 1 aliphatic rings. The van der Waals surface area contributed by atoms with Gasteiger partial charge in [0.15, 0.2) is 5.16 Å². The highest BCUT2D eigenvalue weighted by molar-refractivity contribution is 7.99.